The van der Waals surface area contributed by atoms with Gasteiger partial charge < -0.3 is 14.8 Å². The molecule has 0 bridgehead atoms. The van der Waals surface area contributed by atoms with E-state index >= 15 is 0 Å². The van der Waals surface area contributed by atoms with E-state index in [4.69, 9.17) is 9.47 Å². The van der Waals surface area contributed by atoms with Gasteiger partial charge in [-0.05, 0) is 51.9 Å². The van der Waals surface area contributed by atoms with Gasteiger partial charge in [0.2, 0.25) is 0 Å². The molecule has 1 saturated carbocycles. The molecule has 6 nitrogen and oxygen atoms in total. The zero-order valence-electron chi connectivity index (χ0n) is 18.4. The number of rotatable bonds is 14. The highest BCUT2D eigenvalue weighted by Gasteiger charge is 2.24. The van der Waals surface area contributed by atoms with E-state index in [1.54, 1.807) is 13.8 Å². The number of carbonyl (C=O) groups excluding carboxylic acids is 3. The number of ketones is 1. The lowest BCUT2D eigenvalue weighted by Crippen LogP contribution is -2.39. The molecule has 0 heterocycles. The predicted molar refractivity (Wildman–Crippen MR) is 113 cm³/mol. The molecule has 1 aliphatic carbocycles. The first-order valence-electron chi connectivity index (χ1n) is 11.2. The fourth-order valence-electron chi connectivity index (χ4n) is 3.61. The first-order valence-corrected chi connectivity index (χ1v) is 11.2. The Bertz CT molecular complexity index is 523. The summed E-state index contributed by atoms with van der Waals surface area (Å²) in [6, 6.07) is -0.449. The van der Waals surface area contributed by atoms with Crippen molar-refractivity contribution in [3.63, 3.8) is 0 Å². The van der Waals surface area contributed by atoms with Crippen LogP contribution in [0.3, 0.4) is 0 Å². The minimum atomic E-state index is -0.449. The Morgan fingerprint density at radius 3 is 2.34 bits per heavy atom. The van der Waals surface area contributed by atoms with Crippen molar-refractivity contribution in [2.75, 3.05) is 19.8 Å². The molecule has 6 heteroatoms. The van der Waals surface area contributed by atoms with Crippen molar-refractivity contribution >= 4 is 17.7 Å². The fraction of sp³-hybridized carbons (Fsp3) is 0.783. The number of ether oxygens (including phenoxy) is 2. The summed E-state index contributed by atoms with van der Waals surface area (Å²) in [5.41, 5.74) is 0. The van der Waals surface area contributed by atoms with Gasteiger partial charge in [0.05, 0.1) is 13.2 Å². The molecule has 29 heavy (non-hydrogen) atoms. The van der Waals surface area contributed by atoms with Gasteiger partial charge in [-0.2, -0.15) is 0 Å². The van der Waals surface area contributed by atoms with E-state index in [1.807, 2.05) is 12.2 Å². The van der Waals surface area contributed by atoms with E-state index in [0.29, 0.717) is 44.8 Å². The van der Waals surface area contributed by atoms with Gasteiger partial charge >= 0.3 is 11.9 Å². The van der Waals surface area contributed by atoms with Crippen molar-refractivity contribution < 1.29 is 23.9 Å². The predicted octanol–water partition coefficient (Wildman–Crippen LogP) is 3.97. The smallest absolute Gasteiger partial charge is 0.323 e. The van der Waals surface area contributed by atoms with Gasteiger partial charge in [0, 0.05) is 25.3 Å². The molecule has 0 aromatic carbocycles. The molecule has 1 aliphatic rings. The molecular weight excluding hydrogens is 370 g/mol. The molecule has 1 unspecified atom stereocenters. The highest BCUT2D eigenvalue weighted by molar-refractivity contribution is 5.81. The Kier molecular flexibility index (Phi) is 13.3. The van der Waals surface area contributed by atoms with Crippen molar-refractivity contribution in [3.05, 3.63) is 12.2 Å². The third-order valence-electron chi connectivity index (χ3n) is 5.40. The summed E-state index contributed by atoms with van der Waals surface area (Å²) < 4.78 is 10.0. The fourth-order valence-corrected chi connectivity index (χ4v) is 3.61. The molecule has 0 spiro atoms. The van der Waals surface area contributed by atoms with Crippen molar-refractivity contribution in [3.8, 4) is 0 Å². The Balaban J connectivity index is 2.34. The van der Waals surface area contributed by atoms with Gasteiger partial charge in [0.1, 0.15) is 11.8 Å². The third kappa shape index (κ3) is 11.2. The number of Topliss-reactive ketones (excluding diaryl/α,β-unsaturated/α-hetero) is 1. The average Bonchev–Trinajstić information content (AvgIpc) is 2.69. The highest BCUT2D eigenvalue weighted by Crippen LogP contribution is 2.29. The molecule has 0 amide bonds. The van der Waals surface area contributed by atoms with Crippen LogP contribution in [0.2, 0.25) is 0 Å². The van der Waals surface area contributed by atoms with Crippen LogP contribution in [-0.2, 0) is 23.9 Å². The lowest BCUT2D eigenvalue weighted by atomic mass is 9.80. The van der Waals surface area contributed by atoms with Crippen LogP contribution in [0.4, 0.5) is 0 Å². The second-order valence-corrected chi connectivity index (χ2v) is 7.84. The summed E-state index contributed by atoms with van der Waals surface area (Å²) in [7, 11) is 0. The topological polar surface area (TPSA) is 81.7 Å². The maximum absolute atomic E-state index is 12.4. The number of hydrogen-bond acceptors (Lipinski definition) is 6. The van der Waals surface area contributed by atoms with Gasteiger partial charge in [-0.15, -0.1) is 0 Å². The zero-order valence-corrected chi connectivity index (χ0v) is 18.4. The minimum absolute atomic E-state index is 0.177. The molecule has 1 rings (SSSR count). The van der Waals surface area contributed by atoms with Gasteiger partial charge in [0.25, 0.3) is 0 Å². The van der Waals surface area contributed by atoms with Crippen molar-refractivity contribution in [2.45, 2.75) is 84.6 Å². The standard InChI is InChI=1S/C23H39NO5/c1-4-28-22(26)11-9-7-6-8-10-20(23(27)29-5-2)24-17-16-21(25)19-14-12-18(3)13-15-19/h6,8,18-20,24H,4-5,7,9-17H2,1-3H3/b8-6-/t18-,19-,20?. The average molecular weight is 410 g/mol. The maximum atomic E-state index is 12.4. The van der Waals surface area contributed by atoms with Crippen molar-refractivity contribution in [1.82, 2.24) is 5.32 Å². The quantitative estimate of drug-likeness (QED) is 0.266. The first-order chi connectivity index (χ1) is 14.0. The second kappa shape index (κ2) is 15.2. The Morgan fingerprint density at radius 1 is 1.00 bits per heavy atom. The lowest BCUT2D eigenvalue weighted by Gasteiger charge is -2.25. The SMILES string of the molecule is CCOC(=O)CCC/C=C\CC(NCCC(=O)[C@H]1CC[C@H](C)CC1)C(=O)OCC. The summed E-state index contributed by atoms with van der Waals surface area (Å²) in [6.07, 6.45) is 11.0. The summed E-state index contributed by atoms with van der Waals surface area (Å²) in [6.45, 7) is 7.06. The van der Waals surface area contributed by atoms with Crippen molar-refractivity contribution in [2.24, 2.45) is 11.8 Å². The van der Waals surface area contributed by atoms with Crippen LogP contribution in [-0.4, -0.2) is 43.5 Å². The summed E-state index contributed by atoms with van der Waals surface area (Å²) in [5.74, 6) is 0.760. The van der Waals surface area contributed by atoms with E-state index in [-0.39, 0.29) is 17.9 Å². The van der Waals surface area contributed by atoms with Crippen LogP contribution >= 0.6 is 0 Å². The minimum Gasteiger partial charge on any atom is -0.466 e. The number of hydrogen-bond donors (Lipinski definition) is 1. The highest BCUT2D eigenvalue weighted by atomic mass is 16.5. The van der Waals surface area contributed by atoms with E-state index in [2.05, 4.69) is 12.2 Å². The van der Waals surface area contributed by atoms with Crippen LogP contribution in [0.15, 0.2) is 12.2 Å². The largest absolute Gasteiger partial charge is 0.466 e. The maximum Gasteiger partial charge on any atom is 0.323 e. The van der Waals surface area contributed by atoms with Gasteiger partial charge in [0.15, 0.2) is 0 Å². The molecule has 0 radical (unpaired) electrons. The first kappa shape index (κ1) is 25.3. The van der Waals surface area contributed by atoms with E-state index < -0.39 is 6.04 Å². The normalized spacial score (nSPS) is 20.4. The van der Waals surface area contributed by atoms with Gasteiger partial charge in [-0.3, -0.25) is 14.4 Å². The molecule has 0 aliphatic heterocycles. The molecule has 166 valence electrons. The van der Waals surface area contributed by atoms with Crippen molar-refractivity contribution in [1.29, 1.82) is 0 Å². The molecule has 0 aromatic heterocycles. The van der Waals surface area contributed by atoms with Crippen LogP contribution in [0, 0.1) is 11.8 Å². The van der Waals surface area contributed by atoms with Crippen LogP contribution in [0.25, 0.3) is 0 Å². The third-order valence-corrected chi connectivity index (χ3v) is 5.40. The van der Waals surface area contributed by atoms with Crippen LogP contribution < -0.4 is 5.32 Å². The Labute approximate surface area is 175 Å². The molecule has 0 aromatic rings. The number of nitrogens with one attached hydrogen (secondary N) is 1. The van der Waals surface area contributed by atoms with Crippen LogP contribution in [0.1, 0.15) is 78.6 Å². The Morgan fingerprint density at radius 2 is 1.69 bits per heavy atom. The summed E-state index contributed by atoms with van der Waals surface area (Å²) >= 11 is 0. The molecule has 1 N–H and O–H groups in total. The van der Waals surface area contributed by atoms with E-state index in [9.17, 15) is 14.4 Å². The second-order valence-electron chi connectivity index (χ2n) is 7.84. The molecule has 0 saturated heterocycles. The number of carbonyl (C=O) groups is 3. The number of esters is 2. The summed E-state index contributed by atoms with van der Waals surface area (Å²) in [5, 5.41) is 3.19. The molecule has 1 fully saturated rings. The number of unbranched alkanes of at least 4 members (excludes halogenated alkanes) is 1. The van der Waals surface area contributed by atoms with Gasteiger partial charge in [-0.25, -0.2) is 0 Å². The Hall–Kier alpha value is -1.69. The monoisotopic (exact) mass is 409 g/mol. The summed E-state index contributed by atoms with van der Waals surface area (Å²) in [4.78, 5) is 35.9. The number of allylic oxidation sites excluding steroid dienone is 1. The van der Waals surface area contributed by atoms with E-state index in [0.717, 1.165) is 44.4 Å². The molecule has 1 atom stereocenters. The zero-order chi connectivity index (χ0) is 21.5. The van der Waals surface area contributed by atoms with E-state index in [1.165, 1.54) is 0 Å². The van der Waals surface area contributed by atoms with Gasteiger partial charge in [-0.1, -0.05) is 31.9 Å². The van der Waals surface area contributed by atoms with Crippen LogP contribution in [0.5, 0.6) is 0 Å². The lowest BCUT2D eigenvalue weighted by molar-refractivity contribution is -0.146. The molecular formula is C23H39NO5.